The van der Waals surface area contributed by atoms with Crippen molar-refractivity contribution in [3.05, 3.63) is 0 Å². The number of esters is 2. The Bertz CT molecular complexity index is 801. The Morgan fingerprint density at radius 2 is 0.639 bits per heavy atom. The highest BCUT2D eigenvalue weighted by molar-refractivity contribution is 5.69. The van der Waals surface area contributed by atoms with E-state index in [1.54, 1.807) is 0 Å². The molecule has 0 rings (SSSR count). The molecule has 366 valence electrons. The molecule has 0 heterocycles. The van der Waals surface area contributed by atoms with Crippen LogP contribution in [0.3, 0.4) is 0 Å². The summed E-state index contributed by atoms with van der Waals surface area (Å²) in [4.78, 5) is 27.7. The summed E-state index contributed by atoms with van der Waals surface area (Å²) in [6.45, 7) is 13.0. The summed E-state index contributed by atoms with van der Waals surface area (Å²) in [6, 6.07) is 0. The quantitative estimate of drug-likeness (QED) is 0.0485. The van der Waals surface area contributed by atoms with Crippen molar-refractivity contribution >= 4 is 11.9 Å². The summed E-state index contributed by atoms with van der Waals surface area (Å²) in [5, 5.41) is 9.68. The molecule has 0 aliphatic carbocycles. The number of unbranched alkanes of at least 4 members (excludes halogenated alkanes) is 28. The second-order valence-electron chi connectivity index (χ2n) is 18.9. The zero-order chi connectivity index (χ0) is 43.8. The van der Waals surface area contributed by atoms with Crippen molar-refractivity contribution in [1.29, 1.82) is 0 Å². The van der Waals surface area contributed by atoms with E-state index in [1.165, 1.54) is 205 Å². The molecular formula is C55H111NO5. The van der Waals surface area contributed by atoms with Gasteiger partial charge in [-0.05, 0) is 76.3 Å². The van der Waals surface area contributed by atoms with Crippen LogP contribution in [0.4, 0.5) is 0 Å². The van der Waals surface area contributed by atoms with Gasteiger partial charge in [-0.2, -0.15) is 0 Å². The molecule has 0 spiro atoms. The lowest BCUT2D eigenvalue weighted by molar-refractivity contribution is -0.146. The van der Waals surface area contributed by atoms with Gasteiger partial charge in [0, 0.05) is 19.4 Å². The molecule has 2 unspecified atom stereocenters. The van der Waals surface area contributed by atoms with Gasteiger partial charge in [0.25, 0.3) is 0 Å². The van der Waals surface area contributed by atoms with Crippen molar-refractivity contribution in [1.82, 2.24) is 4.90 Å². The fourth-order valence-electron chi connectivity index (χ4n) is 8.79. The highest BCUT2D eigenvalue weighted by atomic mass is 16.5. The average molecular weight is 866 g/mol. The van der Waals surface area contributed by atoms with E-state index in [0.29, 0.717) is 44.4 Å². The van der Waals surface area contributed by atoms with Crippen molar-refractivity contribution in [2.75, 3.05) is 39.5 Å². The molecular weight excluding hydrogens is 755 g/mol. The number of aliphatic hydroxyl groups is 1. The van der Waals surface area contributed by atoms with E-state index in [1.807, 2.05) is 0 Å². The van der Waals surface area contributed by atoms with Crippen molar-refractivity contribution in [3.63, 3.8) is 0 Å². The van der Waals surface area contributed by atoms with Gasteiger partial charge in [-0.15, -0.1) is 0 Å². The molecule has 0 aliphatic rings. The number of nitrogens with zero attached hydrogens (tertiary/aromatic N) is 1. The van der Waals surface area contributed by atoms with Crippen LogP contribution in [0.15, 0.2) is 0 Å². The average Bonchev–Trinajstić information content (AvgIpc) is 3.25. The molecule has 0 saturated carbocycles. The molecule has 0 radical (unpaired) electrons. The number of hydrogen-bond acceptors (Lipinski definition) is 6. The van der Waals surface area contributed by atoms with E-state index in [4.69, 9.17) is 9.47 Å². The first-order valence-electron chi connectivity index (χ1n) is 27.1. The van der Waals surface area contributed by atoms with Gasteiger partial charge in [-0.3, -0.25) is 9.59 Å². The van der Waals surface area contributed by atoms with Crippen LogP contribution in [0.2, 0.25) is 0 Å². The summed E-state index contributed by atoms with van der Waals surface area (Å²) in [5.74, 6) is 0.974. The molecule has 2 atom stereocenters. The molecule has 6 heteroatoms. The minimum atomic E-state index is -0.0264. The molecule has 0 amide bonds. The maximum absolute atomic E-state index is 12.7. The Balaban J connectivity index is 0. The minimum absolute atomic E-state index is 0. The number of rotatable bonds is 50. The maximum atomic E-state index is 12.7. The Hall–Kier alpha value is -1.14. The predicted octanol–water partition coefficient (Wildman–Crippen LogP) is 16.9. The lowest BCUT2D eigenvalue weighted by Gasteiger charge is -2.21. The van der Waals surface area contributed by atoms with Gasteiger partial charge in [0.05, 0.1) is 19.8 Å². The first kappa shape index (κ1) is 61.9. The summed E-state index contributed by atoms with van der Waals surface area (Å²) in [5.41, 5.74) is 0. The van der Waals surface area contributed by atoms with Crippen LogP contribution in [-0.2, 0) is 19.1 Å². The van der Waals surface area contributed by atoms with Crippen LogP contribution in [0, 0.1) is 11.8 Å². The summed E-state index contributed by atoms with van der Waals surface area (Å²) >= 11 is 0. The third-order valence-corrected chi connectivity index (χ3v) is 13.0. The fraction of sp³-hybridized carbons (Fsp3) is 0.964. The highest BCUT2D eigenvalue weighted by Gasteiger charge is 2.14. The standard InChI is InChI=1S/C54H107NO5.CH4/c1-5-9-13-17-21-23-27-33-41-51(39-31-25-19-15-11-7-3)49-59-53(57)43-35-29-37-45-55(47-48-56)46-38-30-36-44-54(58)60-50-52(40-32-26-20-16-12-8-4)42-34-28-24-22-18-14-10-6-2;/h51-52,56H,5-50H2,1-4H3;1H4. The molecule has 0 fully saturated rings. The van der Waals surface area contributed by atoms with E-state index in [9.17, 15) is 14.7 Å². The Morgan fingerprint density at radius 1 is 0.377 bits per heavy atom. The van der Waals surface area contributed by atoms with Crippen LogP contribution in [0.25, 0.3) is 0 Å². The number of hydrogen-bond donors (Lipinski definition) is 1. The summed E-state index contributed by atoms with van der Waals surface area (Å²) in [7, 11) is 0. The second kappa shape index (κ2) is 51.5. The smallest absolute Gasteiger partial charge is 0.305 e. The first-order valence-corrected chi connectivity index (χ1v) is 27.1. The second-order valence-corrected chi connectivity index (χ2v) is 18.9. The van der Waals surface area contributed by atoms with E-state index >= 15 is 0 Å². The van der Waals surface area contributed by atoms with E-state index in [2.05, 4.69) is 32.6 Å². The zero-order valence-electron chi connectivity index (χ0n) is 41.2. The SMILES string of the molecule is C.CCCCCCCCCCC(CCCCCCCC)COC(=O)CCCCCN(CCO)CCCCCC(=O)OCC(CCCCCCCC)CCCCCCCCCC. The third-order valence-electron chi connectivity index (χ3n) is 13.0. The van der Waals surface area contributed by atoms with Gasteiger partial charge < -0.3 is 19.5 Å². The van der Waals surface area contributed by atoms with E-state index in [0.717, 1.165) is 51.6 Å². The van der Waals surface area contributed by atoms with Gasteiger partial charge in [-0.1, -0.05) is 228 Å². The van der Waals surface area contributed by atoms with E-state index < -0.39 is 0 Å². The van der Waals surface area contributed by atoms with Crippen molar-refractivity contribution in [2.24, 2.45) is 11.8 Å². The molecule has 0 saturated heterocycles. The number of carbonyl (C=O) groups is 2. The van der Waals surface area contributed by atoms with Gasteiger partial charge in [0.2, 0.25) is 0 Å². The van der Waals surface area contributed by atoms with Crippen LogP contribution in [-0.4, -0.2) is 61.4 Å². The molecule has 0 bridgehead atoms. The largest absolute Gasteiger partial charge is 0.465 e. The van der Waals surface area contributed by atoms with Crippen molar-refractivity contribution < 1.29 is 24.2 Å². The molecule has 61 heavy (non-hydrogen) atoms. The van der Waals surface area contributed by atoms with Crippen LogP contribution >= 0.6 is 0 Å². The molecule has 1 N–H and O–H groups in total. The number of ether oxygens (including phenoxy) is 2. The topological polar surface area (TPSA) is 76.1 Å². The van der Waals surface area contributed by atoms with Gasteiger partial charge in [0.1, 0.15) is 0 Å². The van der Waals surface area contributed by atoms with E-state index in [-0.39, 0.29) is 26.0 Å². The minimum Gasteiger partial charge on any atom is -0.465 e. The number of carbonyl (C=O) groups excluding carboxylic acids is 2. The van der Waals surface area contributed by atoms with Crippen LogP contribution in [0.1, 0.15) is 292 Å². The zero-order valence-corrected chi connectivity index (χ0v) is 41.2. The molecule has 0 aromatic heterocycles. The molecule has 6 nitrogen and oxygen atoms in total. The van der Waals surface area contributed by atoms with Gasteiger partial charge in [-0.25, -0.2) is 0 Å². The lowest BCUT2D eigenvalue weighted by atomic mass is 9.94. The first-order chi connectivity index (χ1) is 29.5. The maximum Gasteiger partial charge on any atom is 0.305 e. The monoisotopic (exact) mass is 866 g/mol. The third kappa shape index (κ3) is 46.7. The molecule has 0 aromatic carbocycles. The van der Waals surface area contributed by atoms with Crippen molar-refractivity contribution in [2.45, 2.75) is 292 Å². The Labute approximate surface area is 383 Å². The predicted molar refractivity (Wildman–Crippen MR) is 267 cm³/mol. The molecule has 0 aliphatic heterocycles. The van der Waals surface area contributed by atoms with Gasteiger partial charge in [0.15, 0.2) is 0 Å². The normalized spacial score (nSPS) is 12.4. The summed E-state index contributed by atoms with van der Waals surface area (Å²) < 4.78 is 11.7. The Kier molecular flexibility index (Phi) is 52.3. The summed E-state index contributed by atoms with van der Waals surface area (Å²) in [6.07, 6.45) is 48.8. The fourth-order valence-corrected chi connectivity index (χ4v) is 8.79. The highest BCUT2D eigenvalue weighted by Crippen LogP contribution is 2.22. The van der Waals surface area contributed by atoms with Crippen LogP contribution < -0.4 is 0 Å². The van der Waals surface area contributed by atoms with Crippen molar-refractivity contribution in [3.8, 4) is 0 Å². The Morgan fingerprint density at radius 3 is 0.918 bits per heavy atom. The lowest BCUT2D eigenvalue weighted by Crippen LogP contribution is -2.29. The number of aliphatic hydroxyl groups excluding tert-OH is 1. The van der Waals surface area contributed by atoms with Crippen LogP contribution in [0.5, 0.6) is 0 Å². The molecule has 0 aromatic rings. The van der Waals surface area contributed by atoms with Gasteiger partial charge >= 0.3 is 11.9 Å².